The number of hydrogen-bond acceptors (Lipinski definition) is 4. The van der Waals surface area contributed by atoms with E-state index < -0.39 is 5.91 Å². The number of nitriles is 1. The van der Waals surface area contributed by atoms with Crippen molar-refractivity contribution in [2.75, 3.05) is 20.3 Å². The molecule has 0 aliphatic carbocycles. The quantitative estimate of drug-likeness (QED) is 0.390. The summed E-state index contributed by atoms with van der Waals surface area (Å²) in [5.74, 6) is -0.155. The molecule has 0 fully saturated rings. The lowest BCUT2D eigenvalue weighted by Crippen LogP contribution is -2.27. The van der Waals surface area contributed by atoms with Crippen LogP contribution in [0.4, 0.5) is 4.39 Å². The van der Waals surface area contributed by atoms with Gasteiger partial charge in [0.1, 0.15) is 29.8 Å². The van der Waals surface area contributed by atoms with Gasteiger partial charge in [-0.3, -0.25) is 4.79 Å². The van der Waals surface area contributed by atoms with E-state index in [2.05, 4.69) is 21.2 Å². The summed E-state index contributed by atoms with van der Waals surface area (Å²) < 4.78 is 24.2. The van der Waals surface area contributed by atoms with Crippen LogP contribution >= 0.6 is 15.9 Å². The van der Waals surface area contributed by atoms with Crippen LogP contribution in [0.1, 0.15) is 11.1 Å². The van der Waals surface area contributed by atoms with Gasteiger partial charge in [0.25, 0.3) is 5.91 Å². The first-order chi connectivity index (χ1) is 13.0. The maximum Gasteiger partial charge on any atom is 0.262 e. The van der Waals surface area contributed by atoms with Crippen molar-refractivity contribution < 1.29 is 18.7 Å². The van der Waals surface area contributed by atoms with Gasteiger partial charge in [0.15, 0.2) is 0 Å². The van der Waals surface area contributed by atoms with E-state index >= 15 is 0 Å². The zero-order chi connectivity index (χ0) is 19.6. The molecule has 7 heteroatoms. The number of carbonyl (C=O) groups excluding carboxylic acids is 1. The van der Waals surface area contributed by atoms with Crippen LogP contribution in [0.5, 0.6) is 5.75 Å². The Hall–Kier alpha value is -2.69. The Labute approximate surface area is 165 Å². The van der Waals surface area contributed by atoms with Gasteiger partial charge >= 0.3 is 0 Å². The van der Waals surface area contributed by atoms with Gasteiger partial charge in [-0.15, -0.1) is 0 Å². The number of methoxy groups -OCH3 is 1. The van der Waals surface area contributed by atoms with E-state index in [1.165, 1.54) is 25.3 Å². The number of carbonyl (C=O) groups is 1. The fourth-order valence-corrected chi connectivity index (χ4v) is 2.65. The minimum atomic E-state index is -0.456. The second kappa shape index (κ2) is 10.5. The Morgan fingerprint density at radius 1 is 1.30 bits per heavy atom. The summed E-state index contributed by atoms with van der Waals surface area (Å²) in [5, 5.41) is 11.8. The maximum atomic E-state index is 12.9. The first kappa shape index (κ1) is 20.6. The van der Waals surface area contributed by atoms with Crippen molar-refractivity contribution >= 4 is 27.9 Å². The molecule has 2 rings (SSSR count). The number of amides is 1. The first-order valence-electron chi connectivity index (χ1n) is 8.09. The fourth-order valence-electron chi connectivity index (χ4n) is 2.14. The molecule has 2 aromatic rings. The standard InChI is InChI=1S/C20H18BrFN2O3/c1-26-9-8-24-20(25)16(12-23)10-15-4-7-19(18(21)11-15)27-13-14-2-5-17(22)6-3-14/h2-7,10-11H,8-9,13H2,1H3,(H,24,25). The molecule has 5 nitrogen and oxygen atoms in total. The van der Waals surface area contributed by atoms with E-state index in [9.17, 15) is 14.4 Å². The van der Waals surface area contributed by atoms with E-state index in [1.807, 2.05) is 6.07 Å². The van der Waals surface area contributed by atoms with Crippen LogP contribution in [0.15, 0.2) is 52.5 Å². The number of nitrogens with zero attached hydrogens (tertiary/aromatic N) is 1. The molecule has 0 radical (unpaired) electrons. The molecule has 0 aromatic heterocycles. The van der Waals surface area contributed by atoms with E-state index in [0.29, 0.717) is 35.5 Å². The van der Waals surface area contributed by atoms with Gasteiger partial charge in [-0.05, 0) is 57.4 Å². The summed E-state index contributed by atoms with van der Waals surface area (Å²) in [4.78, 5) is 12.0. The average Bonchev–Trinajstić information content (AvgIpc) is 2.66. The molecular weight excluding hydrogens is 415 g/mol. The van der Waals surface area contributed by atoms with Crippen molar-refractivity contribution in [1.29, 1.82) is 5.26 Å². The zero-order valence-electron chi connectivity index (χ0n) is 14.7. The van der Waals surface area contributed by atoms with Crippen molar-refractivity contribution in [1.82, 2.24) is 5.32 Å². The Balaban J connectivity index is 2.04. The summed E-state index contributed by atoms with van der Waals surface area (Å²) >= 11 is 3.42. The molecule has 0 heterocycles. The largest absolute Gasteiger partial charge is 0.488 e. The van der Waals surface area contributed by atoms with E-state index in [1.54, 1.807) is 30.3 Å². The predicted molar refractivity (Wildman–Crippen MR) is 103 cm³/mol. The first-order valence-corrected chi connectivity index (χ1v) is 8.88. The second-order valence-corrected chi connectivity index (χ2v) is 6.38. The summed E-state index contributed by atoms with van der Waals surface area (Å²) in [6.07, 6.45) is 1.50. The lowest BCUT2D eigenvalue weighted by atomic mass is 10.1. The summed E-state index contributed by atoms with van der Waals surface area (Å²) in [6.45, 7) is 0.990. The molecule has 0 bridgehead atoms. The Morgan fingerprint density at radius 2 is 2.04 bits per heavy atom. The van der Waals surface area contributed by atoms with Crippen molar-refractivity contribution in [3.8, 4) is 11.8 Å². The van der Waals surface area contributed by atoms with Gasteiger partial charge in [0.2, 0.25) is 0 Å². The van der Waals surface area contributed by atoms with Crippen LogP contribution in [0, 0.1) is 17.1 Å². The Morgan fingerprint density at radius 3 is 2.67 bits per heavy atom. The molecule has 0 aliphatic rings. The number of benzene rings is 2. The summed E-state index contributed by atoms with van der Waals surface area (Å²) in [5.41, 5.74) is 1.51. The third kappa shape index (κ3) is 6.51. The normalized spacial score (nSPS) is 11.0. The zero-order valence-corrected chi connectivity index (χ0v) is 16.3. The molecular formula is C20H18BrFN2O3. The molecule has 140 valence electrons. The van der Waals surface area contributed by atoms with Crippen LogP contribution < -0.4 is 10.1 Å². The molecule has 27 heavy (non-hydrogen) atoms. The highest BCUT2D eigenvalue weighted by molar-refractivity contribution is 9.10. The molecule has 0 aliphatic heterocycles. The molecule has 0 saturated heterocycles. The molecule has 0 saturated carbocycles. The fraction of sp³-hybridized carbons (Fsp3) is 0.200. The van der Waals surface area contributed by atoms with Crippen LogP contribution in [0.3, 0.4) is 0 Å². The number of nitrogens with one attached hydrogen (secondary N) is 1. The lowest BCUT2D eigenvalue weighted by molar-refractivity contribution is -0.117. The highest BCUT2D eigenvalue weighted by Crippen LogP contribution is 2.27. The Kier molecular flexibility index (Phi) is 7.99. The van der Waals surface area contributed by atoms with Crippen LogP contribution in [0.2, 0.25) is 0 Å². The van der Waals surface area contributed by atoms with Gasteiger partial charge in [0, 0.05) is 13.7 Å². The van der Waals surface area contributed by atoms with Gasteiger partial charge in [-0.1, -0.05) is 18.2 Å². The molecule has 0 atom stereocenters. The van der Waals surface area contributed by atoms with E-state index in [0.717, 1.165) is 5.56 Å². The molecule has 1 amide bonds. The third-order valence-corrected chi connectivity index (χ3v) is 4.15. The van der Waals surface area contributed by atoms with Crippen molar-refractivity contribution in [2.45, 2.75) is 6.61 Å². The topological polar surface area (TPSA) is 71.3 Å². The number of halogens is 2. The van der Waals surface area contributed by atoms with E-state index in [-0.39, 0.29) is 11.4 Å². The number of hydrogen-bond donors (Lipinski definition) is 1. The van der Waals surface area contributed by atoms with E-state index in [4.69, 9.17) is 9.47 Å². The second-order valence-electron chi connectivity index (χ2n) is 5.52. The van der Waals surface area contributed by atoms with Gasteiger partial charge < -0.3 is 14.8 Å². The maximum absolute atomic E-state index is 12.9. The highest BCUT2D eigenvalue weighted by atomic mass is 79.9. The number of ether oxygens (including phenoxy) is 2. The number of rotatable bonds is 8. The van der Waals surface area contributed by atoms with Gasteiger partial charge in [-0.2, -0.15) is 5.26 Å². The summed E-state index contributed by atoms with van der Waals surface area (Å²) in [7, 11) is 1.53. The van der Waals surface area contributed by atoms with Crippen LogP contribution in [-0.4, -0.2) is 26.2 Å². The highest BCUT2D eigenvalue weighted by Gasteiger charge is 2.09. The van der Waals surface area contributed by atoms with Crippen LogP contribution in [0.25, 0.3) is 6.08 Å². The van der Waals surface area contributed by atoms with Gasteiger partial charge in [0.05, 0.1) is 11.1 Å². The molecule has 1 N–H and O–H groups in total. The van der Waals surface area contributed by atoms with Crippen molar-refractivity contribution in [3.05, 3.63) is 69.5 Å². The lowest BCUT2D eigenvalue weighted by Gasteiger charge is -2.09. The predicted octanol–water partition coefficient (Wildman–Crippen LogP) is 3.84. The minimum absolute atomic E-state index is 0.00187. The minimum Gasteiger partial charge on any atom is -0.488 e. The van der Waals surface area contributed by atoms with Crippen LogP contribution in [-0.2, 0) is 16.1 Å². The van der Waals surface area contributed by atoms with Crippen molar-refractivity contribution in [2.24, 2.45) is 0 Å². The SMILES string of the molecule is COCCNC(=O)C(C#N)=Cc1ccc(OCc2ccc(F)cc2)c(Br)c1. The molecule has 0 unspecified atom stereocenters. The molecule has 2 aromatic carbocycles. The Bertz CT molecular complexity index is 861. The average molecular weight is 433 g/mol. The van der Waals surface area contributed by atoms with Gasteiger partial charge in [-0.25, -0.2) is 4.39 Å². The third-order valence-electron chi connectivity index (χ3n) is 3.53. The summed E-state index contributed by atoms with van der Waals surface area (Å²) in [6, 6.07) is 13.2. The van der Waals surface area contributed by atoms with Crippen molar-refractivity contribution in [3.63, 3.8) is 0 Å². The monoisotopic (exact) mass is 432 g/mol. The molecule has 0 spiro atoms. The smallest absolute Gasteiger partial charge is 0.262 e.